The molecule has 0 spiro atoms. The highest BCUT2D eigenvalue weighted by Crippen LogP contribution is 2.39. The molecule has 7 nitrogen and oxygen atoms in total. The zero-order chi connectivity index (χ0) is 24.8. The van der Waals surface area contributed by atoms with Crippen LogP contribution in [-0.2, 0) is 0 Å². The molecular weight excluding hydrogens is 454 g/mol. The van der Waals surface area contributed by atoms with Gasteiger partial charge in [-0.15, -0.1) is 11.8 Å². The van der Waals surface area contributed by atoms with Gasteiger partial charge in [-0.25, -0.2) is 0 Å². The van der Waals surface area contributed by atoms with Crippen molar-refractivity contribution in [3.8, 4) is 17.2 Å². The zero-order valence-corrected chi connectivity index (χ0v) is 20.9. The Balaban J connectivity index is 2.07. The number of H-pyrrole nitrogens is 1. The minimum atomic E-state index is -0.947. The molecular formula is C26H31NO6S. The second kappa shape index (κ2) is 11.5. The van der Waals surface area contributed by atoms with Crippen LogP contribution in [0.15, 0.2) is 41.4 Å². The Morgan fingerprint density at radius 2 is 1.76 bits per heavy atom. The van der Waals surface area contributed by atoms with Gasteiger partial charge in [0.15, 0.2) is 17.3 Å². The number of hydrogen-bond acceptors (Lipinski definition) is 7. The van der Waals surface area contributed by atoms with Gasteiger partial charge in [0.2, 0.25) is 5.75 Å². The van der Waals surface area contributed by atoms with Gasteiger partial charge < -0.3 is 29.4 Å². The van der Waals surface area contributed by atoms with Crippen LogP contribution in [-0.4, -0.2) is 60.8 Å². The molecule has 0 saturated carbocycles. The molecule has 34 heavy (non-hydrogen) atoms. The van der Waals surface area contributed by atoms with Crippen molar-refractivity contribution < 1.29 is 29.2 Å². The second-order valence-electron chi connectivity index (χ2n) is 8.10. The molecule has 0 fully saturated rings. The Hall–Kier alpha value is -2.94. The van der Waals surface area contributed by atoms with Crippen molar-refractivity contribution in [2.24, 2.45) is 0 Å². The lowest BCUT2D eigenvalue weighted by Crippen LogP contribution is -2.16. The fourth-order valence-corrected chi connectivity index (χ4v) is 4.49. The second-order valence-corrected chi connectivity index (χ2v) is 9.16. The number of carbonyl (C=O) groups is 1. The molecule has 8 heteroatoms. The lowest BCUT2D eigenvalue weighted by atomic mass is 10.0. The number of aromatic nitrogens is 1. The minimum Gasteiger partial charge on any atom is -0.493 e. The monoisotopic (exact) mass is 485 g/mol. The number of hydrogen-bond donors (Lipinski definition) is 3. The summed E-state index contributed by atoms with van der Waals surface area (Å²) in [5, 5.41) is 20.1. The molecule has 182 valence electrons. The molecule has 1 aromatic heterocycles. The van der Waals surface area contributed by atoms with Crippen molar-refractivity contribution in [3.63, 3.8) is 0 Å². The van der Waals surface area contributed by atoms with Crippen LogP contribution in [0.2, 0.25) is 0 Å². The molecule has 3 aromatic rings. The van der Waals surface area contributed by atoms with E-state index in [9.17, 15) is 15.0 Å². The van der Waals surface area contributed by atoms with Gasteiger partial charge in [-0.1, -0.05) is 26.0 Å². The van der Waals surface area contributed by atoms with E-state index in [1.54, 1.807) is 18.2 Å². The fourth-order valence-electron chi connectivity index (χ4n) is 3.55. The first-order chi connectivity index (χ1) is 16.3. The molecule has 0 radical (unpaired) electrons. The van der Waals surface area contributed by atoms with Crippen LogP contribution in [0.3, 0.4) is 0 Å². The number of aliphatic hydroxyl groups is 2. The molecule has 3 N–H and O–H groups in total. The third-order valence-corrected chi connectivity index (χ3v) is 6.65. The van der Waals surface area contributed by atoms with Crippen molar-refractivity contribution in [2.45, 2.75) is 25.9 Å². The summed E-state index contributed by atoms with van der Waals surface area (Å²) in [6.07, 6.45) is 2.71. The number of benzene rings is 2. The van der Waals surface area contributed by atoms with E-state index < -0.39 is 6.10 Å². The van der Waals surface area contributed by atoms with Gasteiger partial charge in [0, 0.05) is 34.0 Å². The van der Waals surface area contributed by atoms with Crippen LogP contribution < -0.4 is 14.2 Å². The lowest BCUT2D eigenvalue weighted by Gasteiger charge is -2.15. The summed E-state index contributed by atoms with van der Waals surface area (Å²) in [6.45, 7) is 3.90. The van der Waals surface area contributed by atoms with Crippen LogP contribution in [0.5, 0.6) is 17.2 Å². The number of ketones is 1. The number of fused-ring (bicyclic) bond motifs is 1. The number of thioether (sulfide) groups is 1. The number of aliphatic hydroxyl groups excluding tert-OH is 2. The van der Waals surface area contributed by atoms with Gasteiger partial charge in [-0.05, 0) is 35.8 Å². The molecule has 0 aliphatic heterocycles. The van der Waals surface area contributed by atoms with E-state index >= 15 is 0 Å². The summed E-state index contributed by atoms with van der Waals surface area (Å²) < 4.78 is 16.2. The van der Waals surface area contributed by atoms with Gasteiger partial charge in [-0.2, -0.15) is 0 Å². The van der Waals surface area contributed by atoms with Crippen LogP contribution in [0.1, 0.15) is 41.3 Å². The number of Topliss-reactive ketones (excluding diaryl/α,β-unsaturated/α-hetero) is 1. The Bertz CT molecular complexity index is 1160. The third-order valence-electron chi connectivity index (χ3n) is 5.48. The average Bonchev–Trinajstić information content (AvgIpc) is 3.26. The molecule has 0 amide bonds. The Kier molecular flexibility index (Phi) is 8.66. The van der Waals surface area contributed by atoms with Gasteiger partial charge in [-0.3, -0.25) is 4.79 Å². The minimum absolute atomic E-state index is 0.165. The number of allylic oxidation sites excluding steroid dienone is 1. The fraction of sp³-hybridized carbons (Fsp3) is 0.346. The number of ether oxygens (including phenoxy) is 3. The maximum Gasteiger partial charge on any atom is 0.203 e. The topological polar surface area (TPSA) is 101 Å². The number of rotatable bonds is 11. The first-order valence-electron chi connectivity index (χ1n) is 10.9. The summed E-state index contributed by atoms with van der Waals surface area (Å²) in [5.74, 6) is 1.45. The van der Waals surface area contributed by atoms with E-state index in [-0.39, 0.29) is 18.1 Å². The Morgan fingerprint density at radius 1 is 1.09 bits per heavy atom. The standard InChI is InChI=1S/C26H31NO6S/c1-15(2)16-6-7-20-18(12-27-21(20)8-16)11-24(34-14-19(29)13-28)25(30)17-9-22(31-3)26(33-5)23(10-17)32-4/h6-12,15,19,27-29H,13-14H2,1-5H3. The highest BCUT2D eigenvalue weighted by Gasteiger charge is 2.21. The van der Waals surface area contributed by atoms with Crippen LogP contribution in [0.4, 0.5) is 0 Å². The molecule has 1 unspecified atom stereocenters. The molecule has 1 atom stereocenters. The normalized spacial score (nSPS) is 12.8. The Labute approximate surface area is 203 Å². The van der Waals surface area contributed by atoms with E-state index in [1.807, 2.05) is 12.3 Å². The largest absolute Gasteiger partial charge is 0.493 e. The van der Waals surface area contributed by atoms with E-state index in [2.05, 4.69) is 31.0 Å². The van der Waals surface area contributed by atoms with Crippen molar-refractivity contribution >= 4 is 34.5 Å². The van der Waals surface area contributed by atoms with Crippen LogP contribution in [0, 0.1) is 0 Å². The zero-order valence-electron chi connectivity index (χ0n) is 20.0. The molecule has 0 aliphatic rings. The maximum atomic E-state index is 13.6. The Morgan fingerprint density at radius 3 is 2.32 bits per heavy atom. The van der Waals surface area contributed by atoms with Crippen LogP contribution in [0.25, 0.3) is 17.0 Å². The summed E-state index contributed by atoms with van der Waals surface area (Å²) in [7, 11) is 4.49. The number of nitrogens with one attached hydrogen (secondary N) is 1. The maximum absolute atomic E-state index is 13.6. The average molecular weight is 486 g/mol. The molecule has 0 bridgehead atoms. The molecule has 1 heterocycles. The van der Waals surface area contributed by atoms with Crippen molar-refractivity contribution in [2.75, 3.05) is 33.7 Å². The molecule has 2 aromatic carbocycles. The predicted molar refractivity (Wildman–Crippen MR) is 136 cm³/mol. The van der Waals surface area contributed by atoms with E-state index in [4.69, 9.17) is 14.2 Å². The smallest absolute Gasteiger partial charge is 0.203 e. The first-order valence-corrected chi connectivity index (χ1v) is 11.9. The summed E-state index contributed by atoms with van der Waals surface area (Å²) >= 11 is 1.18. The third kappa shape index (κ3) is 5.58. The SMILES string of the molecule is COc1cc(C(=O)C(=Cc2c[nH]c3cc(C(C)C)ccc23)SCC(O)CO)cc(OC)c1OC. The highest BCUT2D eigenvalue weighted by atomic mass is 32.2. The van der Waals surface area contributed by atoms with E-state index in [1.165, 1.54) is 38.7 Å². The van der Waals surface area contributed by atoms with Gasteiger partial charge in [0.25, 0.3) is 0 Å². The quantitative estimate of drug-likeness (QED) is 0.269. The number of aromatic amines is 1. The first kappa shape index (κ1) is 25.7. The van der Waals surface area contributed by atoms with Crippen molar-refractivity contribution in [1.82, 2.24) is 4.98 Å². The van der Waals surface area contributed by atoms with Gasteiger partial charge >= 0.3 is 0 Å². The highest BCUT2D eigenvalue weighted by molar-refractivity contribution is 8.04. The molecule has 3 rings (SSSR count). The summed E-state index contributed by atoms with van der Waals surface area (Å²) in [6, 6.07) is 9.44. The predicted octanol–water partition coefficient (Wildman–Crippen LogP) is 4.63. The van der Waals surface area contributed by atoms with Gasteiger partial charge in [0.05, 0.1) is 38.9 Å². The van der Waals surface area contributed by atoms with Crippen molar-refractivity contribution in [1.29, 1.82) is 0 Å². The lowest BCUT2D eigenvalue weighted by molar-refractivity contribution is 0.104. The van der Waals surface area contributed by atoms with E-state index in [0.717, 1.165) is 16.5 Å². The van der Waals surface area contributed by atoms with Crippen LogP contribution >= 0.6 is 11.8 Å². The van der Waals surface area contributed by atoms with E-state index in [0.29, 0.717) is 33.6 Å². The number of carbonyl (C=O) groups excluding carboxylic acids is 1. The molecule has 0 saturated heterocycles. The summed E-state index contributed by atoms with van der Waals surface area (Å²) in [4.78, 5) is 17.3. The molecule has 0 aliphatic carbocycles. The van der Waals surface area contributed by atoms with Crippen molar-refractivity contribution in [3.05, 3.63) is 58.1 Å². The summed E-state index contributed by atoms with van der Waals surface area (Å²) in [5.41, 5.74) is 3.41. The number of methoxy groups -OCH3 is 3. The van der Waals surface area contributed by atoms with Gasteiger partial charge in [0.1, 0.15) is 0 Å².